The van der Waals surface area contributed by atoms with E-state index < -0.39 is 10.8 Å². The lowest BCUT2D eigenvalue weighted by atomic mass is 10.2. The average molecular weight is 345 g/mol. The van der Waals surface area contributed by atoms with Gasteiger partial charge >= 0.3 is 0 Å². The van der Waals surface area contributed by atoms with Crippen LogP contribution in [0.15, 0.2) is 41.5 Å². The highest BCUT2D eigenvalue weighted by Gasteiger charge is 2.18. The number of nitrogens with zero attached hydrogens (tertiary/aromatic N) is 2. The van der Waals surface area contributed by atoms with Crippen LogP contribution in [0.1, 0.15) is 15.9 Å². The number of benzene rings is 2. The number of carbonyl (C=O) groups is 1. The van der Waals surface area contributed by atoms with Crippen LogP contribution in [0.25, 0.3) is 0 Å². The summed E-state index contributed by atoms with van der Waals surface area (Å²) in [5, 5.41) is 24.5. The van der Waals surface area contributed by atoms with Crippen molar-refractivity contribution in [1.82, 2.24) is 5.43 Å². The first-order chi connectivity index (χ1) is 12.0. The van der Waals surface area contributed by atoms with Gasteiger partial charge in [-0.1, -0.05) is 12.1 Å². The van der Waals surface area contributed by atoms with Crippen molar-refractivity contribution in [3.8, 4) is 17.2 Å². The summed E-state index contributed by atoms with van der Waals surface area (Å²) in [6.45, 7) is 0. The minimum absolute atomic E-state index is 0.106. The van der Waals surface area contributed by atoms with Crippen LogP contribution in [-0.4, -0.2) is 36.4 Å². The number of aromatic hydroxyl groups is 1. The Bertz CT molecular complexity index is 809. The molecule has 9 heteroatoms. The molecule has 0 spiro atoms. The molecule has 0 aliphatic heterocycles. The minimum atomic E-state index is -0.721. The number of phenolic OH excluding ortho intramolecular Hbond substituents is 1. The van der Waals surface area contributed by atoms with Crippen molar-refractivity contribution in [3.63, 3.8) is 0 Å². The Hall–Kier alpha value is -3.62. The molecule has 0 aromatic heterocycles. The molecule has 0 bridgehead atoms. The standard InChI is InChI=1S/C16H15N3O6/c1-24-13-7-10(8-14(25-2)15(13)20)9-17-18-16(21)11-5-3-4-6-12(11)19(22)23/h3-9,20H,1-2H3,(H,18,21)/b17-9+. The summed E-state index contributed by atoms with van der Waals surface area (Å²) in [6, 6.07) is 8.51. The van der Waals surface area contributed by atoms with Crippen LogP contribution in [0.5, 0.6) is 17.2 Å². The second-order valence-corrected chi connectivity index (χ2v) is 4.75. The summed E-state index contributed by atoms with van der Waals surface area (Å²) >= 11 is 0. The third-order valence-electron chi connectivity index (χ3n) is 3.23. The van der Waals surface area contributed by atoms with Crippen LogP contribution in [0.4, 0.5) is 5.69 Å². The van der Waals surface area contributed by atoms with Gasteiger partial charge in [-0.3, -0.25) is 14.9 Å². The highest BCUT2D eigenvalue weighted by molar-refractivity contribution is 5.98. The number of nitrogens with one attached hydrogen (secondary N) is 1. The lowest BCUT2D eigenvalue weighted by Crippen LogP contribution is -2.18. The molecule has 1 amide bonds. The quantitative estimate of drug-likeness (QED) is 0.469. The second kappa shape index (κ2) is 7.77. The van der Waals surface area contributed by atoms with E-state index in [1.807, 2.05) is 0 Å². The molecule has 2 N–H and O–H groups in total. The summed E-state index contributed by atoms with van der Waals surface area (Å²) in [7, 11) is 2.76. The predicted molar refractivity (Wildman–Crippen MR) is 89.4 cm³/mol. The molecule has 9 nitrogen and oxygen atoms in total. The summed E-state index contributed by atoms with van der Waals surface area (Å²) < 4.78 is 10.0. The molecular formula is C16H15N3O6. The molecule has 0 aliphatic rings. The molecule has 2 rings (SSSR count). The maximum Gasteiger partial charge on any atom is 0.282 e. The fourth-order valence-corrected chi connectivity index (χ4v) is 2.04. The van der Waals surface area contributed by atoms with E-state index in [-0.39, 0.29) is 28.5 Å². The average Bonchev–Trinajstić information content (AvgIpc) is 2.62. The van der Waals surface area contributed by atoms with E-state index in [0.29, 0.717) is 5.56 Å². The van der Waals surface area contributed by atoms with E-state index in [9.17, 15) is 20.0 Å². The number of amides is 1. The highest BCUT2D eigenvalue weighted by Crippen LogP contribution is 2.36. The van der Waals surface area contributed by atoms with Gasteiger partial charge in [0.15, 0.2) is 11.5 Å². The summed E-state index contributed by atoms with van der Waals surface area (Å²) in [6.07, 6.45) is 1.29. The summed E-state index contributed by atoms with van der Waals surface area (Å²) in [5.41, 5.74) is 2.27. The molecule has 0 saturated heterocycles. The van der Waals surface area contributed by atoms with Crippen LogP contribution in [-0.2, 0) is 0 Å². The molecule has 0 radical (unpaired) electrons. The van der Waals surface area contributed by atoms with Crippen molar-refractivity contribution in [1.29, 1.82) is 0 Å². The van der Waals surface area contributed by atoms with Gasteiger partial charge in [0.2, 0.25) is 5.75 Å². The number of nitro groups is 1. The number of hydrogen-bond donors (Lipinski definition) is 2. The third-order valence-corrected chi connectivity index (χ3v) is 3.23. The fourth-order valence-electron chi connectivity index (χ4n) is 2.04. The molecule has 0 heterocycles. The normalized spacial score (nSPS) is 10.5. The zero-order valence-electron chi connectivity index (χ0n) is 13.4. The van der Waals surface area contributed by atoms with E-state index in [0.717, 1.165) is 0 Å². The van der Waals surface area contributed by atoms with Crippen molar-refractivity contribution >= 4 is 17.8 Å². The Kier molecular flexibility index (Phi) is 5.51. The number of ether oxygens (including phenoxy) is 2. The Morgan fingerprint density at radius 2 is 1.84 bits per heavy atom. The van der Waals surface area contributed by atoms with Crippen LogP contribution >= 0.6 is 0 Å². The van der Waals surface area contributed by atoms with Gasteiger partial charge < -0.3 is 14.6 Å². The van der Waals surface area contributed by atoms with Crippen molar-refractivity contribution in [2.45, 2.75) is 0 Å². The van der Waals surface area contributed by atoms with Crippen molar-refractivity contribution in [2.75, 3.05) is 14.2 Å². The lowest BCUT2D eigenvalue weighted by Gasteiger charge is -2.09. The number of rotatable bonds is 6. The predicted octanol–water partition coefficient (Wildman–Crippen LogP) is 2.08. The largest absolute Gasteiger partial charge is 0.502 e. The van der Waals surface area contributed by atoms with Crippen LogP contribution in [0, 0.1) is 10.1 Å². The number of hydrogen-bond acceptors (Lipinski definition) is 7. The molecular weight excluding hydrogens is 330 g/mol. The second-order valence-electron chi connectivity index (χ2n) is 4.75. The van der Waals surface area contributed by atoms with Gasteiger partial charge in [-0.25, -0.2) is 5.43 Å². The van der Waals surface area contributed by atoms with Gasteiger partial charge in [0.05, 0.1) is 25.4 Å². The number of methoxy groups -OCH3 is 2. The Balaban J connectivity index is 2.19. The van der Waals surface area contributed by atoms with Gasteiger partial charge in [-0.05, 0) is 18.2 Å². The lowest BCUT2D eigenvalue weighted by molar-refractivity contribution is -0.385. The van der Waals surface area contributed by atoms with Crippen LogP contribution in [0.2, 0.25) is 0 Å². The molecule has 0 aliphatic carbocycles. The molecule has 2 aromatic rings. The zero-order chi connectivity index (χ0) is 18.4. The number of phenols is 1. The molecule has 0 saturated carbocycles. The van der Waals surface area contributed by atoms with Gasteiger partial charge in [0.25, 0.3) is 11.6 Å². The van der Waals surface area contributed by atoms with Crippen LogP contribution in [0.3, 0.4) is 0 Å². The van der Waals surface area contributed by atoms with E-state index in [1.54, 1.807) is 0 Å². The Morgan fingerprint density at radius 1 is 1.24 bits per heavy atom. The topological polar surface area (TPSA) is 123 Å². The first kappa shape index (κ1) is 17.7. The van der Waals surface area contributed by atoms with E-state index >= 15 is 0 Å². The van der Waals surface area contributed by atoms with Gasteiger partial charge in [-0.2, -0.15) is 5.10 Å². The number of carbonyl (C=O) groups excluding carboxylic acids is 1. The van der Waals surface area contributed by atoms with Gasteiger partial charge in [-0.15, -0.1) is 0 Å². The maximum atomic E-state index is 12.0. The number of nitro benzene ring substituents is 1. The molecule has 130 valence electrons. The molecule has 0 fully saturated rings. The maximum absolute atomic E-state index is 12.0. The van der Waals surface area contributed by atoms with Crippen LogP contribution < -0.4 is 14.9 Å². The zero-order valence-corrected chi connectivity index (χ0v) is 13.4. The highest BCUT2D eigenvalue weighted by atomic mass is 16.6. The SMILES string of the molecule is COc1cc(/C=N/NC(=O)c2ccccc2[N+](=O)[O-])cc(OC)c1O. The minimum Gasteiger partial charge on any atom is -0.502 e. The monoisotopic (exact) mass is 345 g/mol. The Labute approximate surface area is 142 Å². The van der Waals surface area contributed by atoms with E-state index in [1.165, 1.54) is 56.8 Å². The summed E-state index contributed by atoms with van der Waals surface area (Å²) in [5.74, 6) is -0.538. The smallest absolute Gasteiger partial charge is 0.282 e. The molecule has 25 heavy (non-hydrogen) atoms. The van der Waals surface area contributed by atoms with E-state index in [4.69, 9.17) is 9.47 Å². The first-order valence-electron chi connectivity index (χ1n) is 6.99. The van der Waals surface area contributed by atoms with Crippen molar-refractivity contribution < 1.29 is 24.3 Å². The molecule has 0 unspecified atom stereocenters. The first-order valence-corrected chi connectivity index (χ1v) is 6.99. The van der Waals surface area contributed by atoms with Crippen molar-refractivity contribution in [2.24, 2.45) is 5.10 Å². The number of hydrazone groups is 1. The molecule has 0 atom stereocenters. The summed E-state index contributed by atoms with van der Waals surface area (Å²) in [4.78, 5) is 22.3. The van der Waals surface area contributed by atoms with E-state index in [2.05, 4.69) is 10.5 Å². The Morgan fingerprint density at radius 3 is 2.40 bits per heavy atom. The fraction of sp³-hybridized carbons (Fsp3) is 0.125. The van der Waals surface area contributed by atoms with Gasteiger partial charge in [0.1, 0.15) is 5.56 Å². The van der Waals surface area contributed by atoms with Gasteiger partial charge in [0, 0.05) is 11.6 Å². The third kappa shape index (κ3) is 4.02. The molecule has 2 aromatic carbocycles. The van der Waals surface area contributed by atoms with Crippen molar-refractivity contribution in [3.05, 3.63) is 57.6 Å². The number of para-hydroxylation sites is 1.